The van der Waals surface area contributed by atoms with Gasteiger partial charge in [-0.1, -0.05) is 26.8 Å². The van der Waals surface area contributed by atoms with Gasteiger partial charge in [-0.3, -0.25) is 14.9 Å². The molecule has 1 aliphatic heterocycles. The van der Waals surface area contributed by atoms with Crippen LogP contribution < -0.4 is 5.32 Å². The zero-order chi connectivity index (χ0) is 28.3. The van der Waals surface area contributed by atoms with E-state index in [1.807, 2.05) is 48.5 Å². The Morgan fingerprint density at radius 2 is 1.84 bits per heavy atom. The predicted molar refractivity (Wildman–Crippen MR) is 133 cm³/mol. The Morgan fingerprint density at radius 3 is 2.35 bits per heavy atom. The molecule has 208 valence electrons. The van der Waals surface area contributed by atoms with Crippen LogP contribution in [0.2, 0.25) is 0 Å². The number of anilines is 1. The molecule has 1 heterocycles. The van der Waals surface area contributed by atoms with E-state index in [2.05, 4.69) is 5.32 Å². The first-order chi connectivity index (χ1) is 16.8. The van der Waals surface area contributed by atoms with Crippen LogP contribution in [0.4, 0.5) is 29.3 Å². The first kappa shape index (κ1) is 30.2. The van der Waals surface area contributed by atoms with Gasteiger partial charge in [0.1, 0.15) is 12.3 Å². The summed E-state index contributed by atoms with van der Waals surface area (Å²) >= 11 is 0. The smallest absolute Gasteiger partial charge is 0.445 e. The van der Waals surface area contributed by atoms with Crippen molar-refractivity contribution in [3.8, 4) is 0 Å². The summed E-state index contributed by atoms with van der Waals surface area (Å²) in [7, 11) is 0. The van der Waals surface area contributed by atoms with Crippen LogP contribution in [0.1, 0.15) is 66.9 Å². The molecule has 2 atom stereocenters. The normalized spacial score (nSPS) is 17.4. The second-order valence-electron chi connectivity index (χ2n) is 11.4. The third-order valence-corrected chi connectivity index (χ3v) is 6.59. The molecule has 1 N–H and O–H groups in total. The van der Waals surface area contributed by atoms with Crippen LogP contribution in [-0.4, -0.2) is 63.6 Å². The van der Waals surface area contributed by atoms with Crippen LogP contribution in [0.15, 0.2) is 18.2 Å². The highest BCUT2D eigenvalue weighted by Gasteiger charge is 2.46. The summed E-state index contributed by atoms with van der Waals surface area (Å²) in [5, 5.41) is 14.5. The molecule has 0 aromatic heterocycles. The Hall–Kier alpha value is -3.05. The number of halogens is 3. The van der Waals surface area contributed by atoms with Crippen LogP contribution in [0.5, 0.6) is 0 Å². The number of hydrogen-bond donors (Lipinski definition) is 1. The van der Waals surface area contributed by atoms with Gasteiger partial charge in [-0.15, -0.1) is 0 Å². The van der Waals surface area contributed by atoms with Crippen molar-refractivity contribution in [2.75, 3.05) is 18.4 Å². The lowest BCUT2D eigenvalue weighted by molar-refractivity contribution is -0.384. The van der Waals surface area contributed by atoms with E-state index in [1.54, 1.807) is 11.0 Å². The van der Waals surface area contributed by atoms with Gasteiger partial charge >= 0.3 is 18.2 Å². The number of nitrogens with zero attached hydrogens (tertiary/aromatic N) is 3. The van der Waals surface area contributed by atoms with Crippen molar-refractivity contribution < 1.29 is 32.4 Å². The van der Waals surface area contributed by atoms with Crippen LogP contribution in [0.25, 0.3) is 0 Å². The molecular formula is C25H37F3N4O5. The van der Waals surface area contributed by atoms with Gasteiger partial charge in [0.15, 0.2) is 0 Å². The fourth-order valence-corrected chi connectivity index (χ4v) is 4.29. The van der Waals surface area contributed by atoms with Crippen molar-refractivity contribution in [3.63, 3.8) is 0 Å². The maximum atomic E-state index is 13.0. The van der Waals surface area contributed by atoms with E-state index in [0.717, 1.165) is 4.90 Å². The molecule has 12 heteroatoms. The second-order valence-corrected chi connectivity index (χ2v) is 11.4. The van der Waals surface area contributed by atoms with Crippen LogP contribution in [-0.2, 0) is 16.1 Å². The van der Waals surface area contributed by atoms with Gasteiger partial charge in [-0.2, -0.15) is 13.2 Å². The second kappa shape index (κ2) is 11.1. The van der Waals surface area contributed by atoms with Gasteiger partial charge in [0.2, 0.25) is 0 Å². The van der Waals surface area contributed by atoms with Crippen molar-refractivity contribution >= 4 is 23.4 Å². The van der Waals surface area contributed by atoms with E-state index >= 15 is 0 Å². The van der Waals surface area contributed by atoms with E-state index in [9.17, 15) is 32.9 Å². The molecule has 2 amide bonds. The molecule has 37 heavy (non-hydrogen) atoms. The highest BCUT2D eigenvalue weighted by Crippen LogP contribution is 2.32. The standard InChI is InChI=1S/C25H37F3N4O5/c1-16(23(2,3)4)31(24(5,6)7)22(34)37-15-17-10-11-19(20(13-17)32(35)36)29-14-18-9-8-12-30(18)21(33)25(26,27)28/h10-11,13,16,18,29H,8-9,12,14-15H2,1-7H3/t16-,18-/m0/s1. The van der Waals surface area contributed by atoms with Crippen LogP contribution in [0, 0.1) is 15.5 Å². The van der Waals surface area contributed by atoms with E-state index in [4.69, 9.17) is 4.74 Å². The quantitative estimate of drug-likeness (QED) is 0.357. The Bertz CT molecular complexity index is 1000. The number of ether oxygens (including phenoxy) is 1. The molecule has 0 unspecified atom stereocenters. The average Bonchev–Trinajstić information content (AvgIpc) is 3.22. The van der Waals surface area contributed by atoms with E-state index in [0.29, 0.717) is 18.4 Å². The summed E-state index contributed by atoms with van der Waals surface area (Å²) < 4.78 is 44.1. The summed E-state index contributed by atoms with van der Waals surface area (Å²) in [5.74, 6) is -1.91. The first-order valence-corrected chi connectivity index (χ1v) is 12.2. The summed E-state index contributed by atoms with van der Waals surface area (Å²) in [5.41, 5.74) is -0.555. The van der Waals surface area contributed by atoms with Crippen LogP contribution in [0.3, 0.4) is 0 Å². The minimum Gasteiger partial charge on any atom is -0.445 e. The molecule has 0 radical (unpaired) electrons. The summed E-state index contributed by atoms with van der Waals surface area (Å²) in [4.78, 5) is 38.1. The lowest BCUT2D eigenvalue weighted by Gasteiger charge is -2.44. The number of nitro groups is 1. The molecule has 1 fully saturated rings. The summed E-state index contributed by atoms with van der Waals surface area (Å²) in [6.07, 6.45) is -4.75. The van der Waals surface area contributed by atoms with Crippen LogP contribution >= 0.6 is 0 Å². The molecule has 9 nitrogen and oxygen atoms in total. The number of benzene rings is 1. The molecule has 0 saturated carbocycles. The molecule has 1 aromatic carbocycles. The number of rotatable bonds is 7. The fourth-order valence-electron chi connectivity index (χ4n) is 4.29. The third kappa shape index (κ3) is 7.72. The number of nitro benzene ring substituents is 1. The lowest BCUT2D eigenvalue weighted by atomic mass is 9.85. The van der Waals surface area contributed by atoms with Crippen molar-refractivity contribution in [3.05, 3.63) is 33.9 Å². The summed E-state index contributed by atoms with van der Waals surface area (Å²) in [6, 6.07) is 3.34. The van der Waals surface area contributed by atoms with Crippen molar-refractivity contribution in [1.29, 1.82) is 0 Å². The van der Waals surface area contributed by atoms with Gasteiger partial charge in [-0.05, 0) is 57.6 Å². The van der Waals surface area contributed by atoms with E-state index < -0.39 is 34.7 Å². The number of nitrogens with one attached hydrogen (secondary N) is 1. The number of alkyl halides is 3. The maximum Gasteiger partial charge on any atom is 0.471 e. The van der Waals surface area contributed by atoms with Gasteiger partial charge in [0.05, 0.1) is 4.92 Å². The average molecular weight is 531 g/mol. The van der Waals surface area contributed by atoms with Gasteiger partial charge in [-0.25, -0.2) is 4.79 Å². The van der Waals surface area contributed by atoms with Crippen molar-refractivity contribution in [2.45, 2.75) is 91.7 Å². The Balaban J connectivity index is 2.13. The van der Waals surface area contributed by atoms with Crippen molar-refractivity contribution in [1.82, 2.24) is 9.80 Å². The number of likely N-dealkylation sites (tertiary alicyclic amines) is 1. The molecule has 0 spiro atoms. The maximum absolute atomic E-state index is 13.0. The minimum absolute atomic E-state index is 0.0174. The number of hydrogen-bond acceptors (Lipinski definition) is 6. The minimum atomic E-state index is -4.97. The molecule has 2 rings (SSSR count). The van der Waals surface area contributed by atoms with Gasteiger partial charge < -0.3 is 19.9 Å². The van der Waals surface area contributed by atoms with Gasteiger partial charge in [0, 0.05) is 36.8 Å². The summed E-state index contributed by atoms with van der Waals surface area (Å²) in [6.45, 7) is 13.4. The fraction of sp³-hybridized carbons (Fsp3) is 0.680. The Kier molecular flexibility index (Phi) is 9.08. The zero-order valence-electron chi connectivity index (χ0n) is 22.4. The molecule has 0 aliphatic carbocycles. The Morgan fingerprint density at radius 1 is 1.22 bits per heavy atom. The Labute approximate surface area is 215 Å². The largest absolute Gasteiger partial charge is 0.471 e. The molecule has 1 aromatic rings. The van der Waals surface area contributed by atoms with Gasteiger partial charge in [0.25, 0.3) is 5.69 Å². The topological polar surface area (TPSA) is 105 Å². The number of amides is 2. The first-order valence-electron chi connectivity index (χ1n) is 12.2. The zero-order valence-corrected chi connectivity index (χ0v) is 22.4. The number of carbonyl (C=O) groups excluding carboxylic acids is 2. The van der Waals surface area contributed by atoms with E-state index in [1.165, 1.54) is 12.1 Å². The highest BCUT2D eigenvalue weighted by molar-refractivity contribution is 5.82. The van der Waals surface area contributed by atoms with Crippen molar-refractivity contribution in [2.24, 2.45) is 5.41 Å². The lowest BCUT2D eigenvalue weighted by Crippen LogP contribution is -2.54. The molecular weight excluding hydrogens is 493 g/mol. The predicted octanol–water partition coefficient (Wildman–Crippen LogP) is 5.73. The third-order valence-electron chi connectivity index (χ3n) is 6.59. The molecule has 1 aliphatic rings. The highest BCUT2D eigenvalue weighted by atomic mass is 19.4. The molecule has 0 bridgehead atoms. The number of carbonyl (C=O) groups is 2. The SMILES string of the molecule is C[C@H](N(C(=O)OCc1ccc(NC[C@@H]2CCCN2C(=O)C(F)(F)F)c([N+](=O)[O-])c1)C(C)(C)C)C(C)(C)C. The molecule has 1 saturated heterocycles. The van der Waals surface area contributed by atoms with E-state index in [-0.39, 0.29) is 42.5 Å². The monoisotopic (exact) mass is 530 g/mol.